The second-order valence-electron chi connectivity index (χ2n) is 6.70. The van der Waals surface area contributed by atoms with E-state index in [1.54, 1.807) is 0 Å². The topological polar surface area (TPSA) is 77.8 Å². The van der Waals surface area contributed by atoms with Crippen molar-refractivity contribution in [2.24, 2.45) is 5.92 Å². The average molecular weight is 343 g/mol. The highest BCUT2D eigenvalue weighted by molar-refractivity contribution is 5.86. The van der Waals surface area contributed by atoms with E-state index in [1.165, 1.54) is 23.1 Å². The minimum Gasteiger partial charge on any atom is -0.480 e. The van der Waals surface area contributed by atoms with Gasteiger partial charge in [0, 0.05) is 13.5 Å². The number of carbonyl (C=O) groups excluding carboxylic acids is 1. The smallest absolute Gasteiger partial charge is 0.326 e. The van der Waals surface area contributed by atoms with Crippen molar-refractivity contribution in [2.45, 2.75) is 57.1 Å². The van der Waals surface area contributed by atoms with Gasteiger partial charge in [-0.2, -0.15) is 0 Å². The van der Waals surface area contributed by atoms with Crippen molar-refractivity contribution in [2.75, 3.05) is 6.54 Å². The number of nitrogens with zero attached hydrogens (tertiary/aromatic N) is 1. The van der Waals surface area contributed by atoms with Gasteiger partial charge in [0.15, 0.2) is 0 Å². The van der Waals surface area contributed by atoms with Crippen LogP contribution in [-0.4, -0.2) is 51.1 Å². The normalized spacial score (nSPS) is 27.4. The van der Waals surface area contributed by atoms with Gasteiger partial charge in [-0.25, -0.2) is 13.6 Å². The van der Waals surface area contributed by atoms with Crippen molar-refractivity contribution in [1.82, 2.24) is 4.90 Å². The number of rotatable bonds is 4. The van der Waals surface area contributed by atoms with Crippen molar-refractivity contribution in [3.8, 4) is 0 Å². The third kappa shape index (κ3) is 3.50. The summed E-state index contributed by atoms with van der Waals surface area (Å²) >= 11 is 0. The van der Waals surface area contributed by atoms with Gasteiger partial charge < -0.3 is 15.1 Å². The number of carboxylic acids is 1. The first-order valence-electron chi connectivity index (χ1n) is 8.08. The van der Waals surface area contributed by atoms with E-state index in [4.69, 9.17) is 0 Å². The van der Waals surface area contributed by atoms with Crippen molar-refractivity contribution in [3.63, 3.8) is 0 Å². The fraction of sp³-hybridized carbons (Fsp3) is 0.647. The van der Waals surface area contributed by atoms with E-state index in [2.05, 4.69) is 0 Å². The van der Waals surface area contributed by atoms with Gasteiger partial charge >= 0.3 is 5.97 Å². The molecule has 5 nitrogen and oxygen atoms in total. The Morgan fingerprint density at radius 3 is 2.46 bits per heavy atom. The van der Waals surface area contributed by atoms with E-state index in [0.29, 0.717) is 19.9 Å². The molecule has 1 heterocycles. The van der Waals surface area contributed by atoms with Crippen molar-refractivity contribution in [1.29, 1.82) is 0 Å². The van der Waals surface area contributed by atoms with Crippen LogP contribution in [0.5, 0.6) is 0 Å². The van der Waals surface area contributed by atoms with Gasteiger partial charge in [0.1, 0.15) is 11.6 Å². The monoisotopic (exact) mass is 343 g/mol. The molecule has 0 bridgehead atoms. The molecule has 1 aliphatic heterocycles. The molecule has 1 amide bonds. The Kier molecular flexibility index (Phi) is 5.13. The summed E-state index contributed by atoms with van der Waals surface area (Å²) in [4.78, 5) is 25.3. The number of allylic oxidation sites excluding steroid dienone is 1. The van der Waals surface area contributed by atoms with Crippen LogP contribution in [0, 0.1) is 5.92 Å². The first-order chi connectivity index (χ1) is 11.1. The molecule has 0 aromatic rings. The summed E-state index contributed by atoms with van der Waals surface area (Å²) in [6.45, 7) is 2.07. The fourth-order valence-corrected chi connectivity index (χ4v) is 3.08. The Balaban J connectivity index is 2.10. The number of hydrogen-bond donors (Lipinski definition) is 2. The highest BCUT2D eigenvalue weighted by Gasteiger charge is 2.47. The number of piperidine rings is 1. The number of likely N-dealkylation sites (tertiary alicyclic amines) is 1. The minimum atomic E-state index is -3.32. The third-order valence-electron chi connectivity index (χ3n) is 4.90. The van der Waals surface area contributed by atoms with Gasteiger partial charge in [-0.05, 0) is 38.2 Å². The van der Waals surface area contributed by atoms with Crippen molar-refractivity contribution >= 4 is 11.9 Å². The van der Waals surface area contributed by atoms with Crippen LogP contribution in [-0.2, 0) is 9.59 Å². The van der Waals surface area contributed by atoms with Crippen LogP contribution >= 0.6 is 0 Å². The molecule has 3 atom stereocenters. The molecule has 7 heteroatoms. The van der Waals surface area contributed by atoms with E-state index >= 15 is 0 Å². The molecule has 0 saturated carbocycles. The molecule has 2 N–H and O–H groups in total. The number of hydrogen-bond acceptors (Lipinski definition) is 3. The number of aliphatic hydroxyl groups is 1. The fourth-order valence-electron chi connectivity index (χ4n) is 3.08. The summed E-state index contributed by atoms with van der Waals surface area (Å²) in [6.07, 6.45) is 6.35. The van der Waals surface area contributed by atoms with Gasteiger partial charge in [-0.3, -0.25) is 4.79 Å². The standard InChI is InChI=1S/C17H23F2NO4/c1-16(24,17(2,18)19)12-8-6-11(7-9-12)14(21)20-10-4-3-5-13(20)15(22)23/h6,8-9,11,13,24H,3-5,7,10H2,1-2H3,(H,22,23). The molecule has 1 fully saturated rings. The van der Waals surface area contributed by atoms with Crippen LogP contribution in [0.1, 0.15) is 39.5 Å². The first-order valence-corrected chi connectivity index (χ1v) is 8.08. The Morgan fingerprint density at radius 1 is 1.29 bits per heavy atom. The largest absolute Gasteiger partial charge is 0.480 e. The van der Waals surface area contributed by atoms with E-state index in [0.717, 1.165) is 19.8 Å². The third-order valence-corrected chi connectivity index (χ3v) is 4.90. The Morgan fingerprint density at radius 2 is 1.96 bits per heavy atom. The molecular formula is C17H23F2NO4. The Bertz CT molecular complexity index is 578. The number of amides is 1. The summed E-state index contributed by atoms with van der Waals surface area (Å²) in [5.74, 6) is -5.24. The maximum atomic E-state index is 13.5. The van der Waals surface area contributed by atoms with Gasteiger partial charge in [0.2, 0.25) is 5.91 Å². The summed E-state index contributed by atoms with van der Waals surface area (Å²) < 4.78 is 27.0. The summed E-state index contributed by atoms with van der Waals surface area (Å²) in [5, 5.41) is 19.3. The zero-order valence-electron chi connectivity index (χ0n) is 13.8. The molecule has 0 radical (unpaired) electrons. The quantitative estimate of drug-likeness (QED) is 0.821. The van der Waals surface area contributed by atoms with Crippen LogP contribution in [0.4, 0.5) is 8.78 Å². The van der Waals surface area contributed by atoms with Gasteiger partial charge in [-0.15, -0.1) is 0 Å². The molecule has 0 aromatic heterocycles. The number of carboxylic acid groups (broad SMARTS) is 1. The molecule has 0 aromatic carbocycles. The lowest BCUT2D eigenvalue weighted by Crippen LogP contribution is -2.50. The molecule has 1 aliphatic carbocycles. The molecule has 134 valence electrons. The van der Waals surface area contributed by atoms with Gasteiger partial charge in [0.05, 0.1) is 5.92 Å². The van der Waals surface area contributed by atoms with E-state index in [1.807, 2.05) is 0 Å². The van der Waals surface area contributed by atoms with Crippen LogP contribution in [0.3, 0.4) is 0 Å². The molecular weight excluding hydrogens is 320 g/mol. The molecule has 24 heavy (non-hydrogen) atoms. The molecule has 2 rings (SSSR count). The van der Waals surface area contributed by atoms with Crippen molar-refractivity contribution < 1.29 is 28.6 Å². The lowest BCUT2D eigenvalue weighted by atomic mass is 9.83. The summed E-state index contributed by atoms with van der Waals surface area (Å²) in [5.41, 5.74) is -2.25. The second kappa shape index (κ2) is 6.63. The second-order valence-corrected chi connectivity index (χ2v) is 6.70. The summed E-state index contributed by atoms with van der Waals surface area (Å²) in [7, 11) is 0. The van der Waals surface area contributed by atoms with Crippen LogP contribution < -0.4 is 0 Å². The molecule has 1 saturated heterocycles. The van der Waals surface area contributed by atoms with E-state index < -0.39 is 29.5 Å². The van der Waals surface area contributed by atoms with Crippen LogP contribution in [0.25, 0.3) is 0 Å². The van der Waals surface area contributed by atoms with Crippen LogP contribution in [0.15, 0.2) is 23.8 Å². The average Bonchev–Trinajstić information content (AvgIpc) is 2.53. The lowest BCUT2D eigenvalue weighted by Gasteiger charge is -2.36. The van der Waals surface area contributed by atoms with Crippen LogP contribution in [0.2, 0.25) is 0 Å². The highest BCUT2D eigenvalue weighted by atomic mass is 19.3. The van der Waals surface area contributed by atoms with Gasteiger partial charge in [-0.1, -0.05) is 18.2 Å². The Hall–Kier alpha value is -1.76. The number of alkyl halides is 2. The maximum absolute atomic E-state index is 13.5. The minimum absolute atomic E-state index is 0.0625. The zero-order valence-corrected chi connectivity index (χ0v) is 13.8. The predicted octanol–water partition coefficient (Wildman–Crippen LogP) is 2.36. The highest BCUT2D eigenvalue weighted by Crippen LogP contribution is 2.37. The van der Waals surface area contributed by atoms with Gasteiger partial charge in [0.25, 0.3) is 5.92 Å². The lowest BCUT2D eigenvalue weighted by molar-refractivity contribution is -0.153. The first kappa shape index (κ1) is 18.6. The van der Waals surface area contributed by atoms with E-state index in [-0.39, 0.29) is 17.9 Å². The van der Waals surface area contributed by atoms with Crippen molar-refractivity contribution in [3.05, 3.63) is 23.8 Å². The Labute approximate surface area is 139 Å². The molecule has 2 aliphatic rings. The molecule has 0 spiro atoms. The summed E-state index contributed by atoms with van der Waals surface area (Å²) in [6, 6.07) is -0.826. The zero-order chi connectivity index (χ0) is 18.1. The number of halogens is 2. The maximum Gasteiger partial charge on any atom is 0.326 e. The number of carbonyl (C=O) groups is 2. The van der Waals surface area contributed by atoms with E-state index in [9.17, 15) is 28.6 Å². The number of aliphatic carboxylic acids is 1. The molecule has 3 unspecified atom stereocenters. The predicted molar refractivity (Wildman–Crippen MR) is 83.6 cm³/mol. The SMILES string of the molecule is CC(F)(F)C(C)(O)C1=CCC(C(=O)N2CCCCC2C(=O)O)C=C1.